The Kier molecular flexibility index (Phi) is 4.14. The van der Waals surface area contributed by atoms with Crippen molar-refractivity contribution in [3.05, 3.63) is 40.0 Å². The normalized spacial score (nSPS) is 21.4. The van der Waals surface area contributed by atoms with Gasteiger partial charge >= 0.3 is 0 Å². The maximum absolute atomic E-state index is 6.30. The molecule has 0 radical (unpaired) electrons. The maximum atomic E-state index is 6.30. The van der Waals surface area contributed by atoms with Crippen LogP contribution < -0.4 is 10.1 Å². The third kappa shape index (κ3) is 3.00. The Morgan fingerprint density at radius 2 is 2.08 bits per heavy atom. The molecule has 2 saturated carbocycles. The highest BCUT2D eigenvalue weighted by Gasteiger charge is 2.41. The highest BCUT2D eigenvalue weighted by Crippen LogP contribution is 2.42. The molecular formula is C19H22ClN3O3. The summed E-state index contributed by atoms with van der Waals surface area (Å²) in [6.07, 6.45) is 6.69. The van der Waals surface area contributed by atoms with Crippen molar-refractivity contribution < 1.29 is 14.0 Å². The summed E-state index contributed by atoms with van der Waals surface area (Å²) in [5.41, 5.74) is 1.82. The fourth-order valence-electron chi connectivity index (χ4n) is 4.04. The molecule has 0 unspecified atom stereocenters. The number of nitrogens with one attached hydrogen (secondary N) is 1. The van der Waals surface area contributed by atoms with Crippen LogP contribution in [0.5, 0.6) is 5.75 Å². The van der Waals surface area contributed by atoms with Crippen LogP contribution in [0, 0.1) is 0 Å². The Labute approximate surface area is 157 Å². The Morgan fingerprint density at radius 1 is 1.23 bits per heavy atom. The lowest BCUT2D eigenvalue weighted by atomic mass is 9.95. The standard InChI is InChI=1S/C19H22ClN3O3/c20-15-7-13(16-14(8-15)10-24-11-25-16)9-21-19(5-1-2-6-19)18-22-17(26-23-18)12-3-4-12/h7-8,12,21H,1-6,9-11H2. The lowest BCUT2D eigenvalue weighted by molar-refractivity contribution is -0.0171. The van der Waals surface area contributed by atoms with Gasteiger partial charge in [0.2, 0.25) is 5.89 Å². The fourth-order valence-corrected chi connectivity index (χ4v) is 4.30. The molecule has 26 heavy (non-hydrogen) atoms. The first kappa shape index (κ1) is 16.5. The van der Waals surface area contributed by atoms with Gasteiger partial charge in [-0.1, -0.05) is 29.6 Å². The molecule has 0 saturated heterocycles. The molecule has 7 heteroatoms. The Morgan fingerprint density at radius 3 is 2.88 bits per heavy atom. The first-order valence-electron chi connectivity index (χ1n) is 9.34. The molecule has 5 rings (SSSR count). The molecule has 0 amide bonds. The molecule has 2 aliphatic carbocycles. The van der Waals surface area contributed by atoms with E-state index in [1.807, 2.05) is 12.1 Å². The van der Waals surface area contributed by atoms with Crippen LogP contribution >= 0.6 is 11.6 Å². The Balaban J connectivity index is 1.41. The first-order valence-corrected chi connectivity index (χ1v) is 9.72. The number of benzene rings is 1. The highest BCUT2D eigenvalue weighted by molar-refractivity contribution is 6.30. The van der Waals surface area contributed by atoms with Crippen LogP contribution in [0.15, 0.2) is 16.7 Å². The van der Waals surface area contributed by atoms with Crippen LogP contribution in [0.2, 0.25) is 5.02 Å². The third-order valence-corrected chi connectivity index (χ3v) is 5.84. The van der Waals surface area contributed by atoms with Crippen LogP contribution in [0.4, 0.5) is 0 Å². The third-order valence-electron chi connectivity index (χ3n) is 5.62. The second kappa shape index (κ2) is 6.51. The van der Waals surface area contributed by atoms with Gasteiger partial charge in [-0.15, -0.1) is 0 Å². The summed E-state index contributed by atoms with van der Waals surface area (Å²) in [5, 5.41) is 8.74. The largest absolute Gasteiger partial charge is 0.467 e. The van der Waals surface area contributed by atoms with Crippen molar-refractivity contribution in [2.75, 3.05) is 6.79 Å². The maximum Gasteiger partial charge on any atom is 0.229 e. The van der Waals surface area contributed by atoms with E-state index < -0.39 is 0 Å². The highest BCUT2D eigenvalue weighted by atomic mass is 35.5. The minimum atomic E-state index is -0.225. The van der Waals surface area contributed by atoms with E-state index in [0.29, 0.717) is 24.1 Å². The van der Waals surface area contributed by atoms with E-state index in [4.69, 9.17) is 30.6 Å². The monoisotopic (exact) mass is 375 g/mol. The van der Waals surface area contributed by atoms with Gasteiger partial charge in [-0.2, -0.15) is 4.98 Å². The van der Waals surface area contributed by atoms with Gasteiger partial charge in [0, 0.05) is 28.6 Å². The average Bonchev–Trinajstić information content (AvgIpc) is 3.18. The van der Waals surface area contributed by atoms with Crippen LogP contribution in [-0.4, -0.2) is 16.9 Å². The molecular weight excluding hydrogens is 354 g/mol. The van der Waals surface area contributed by atoms with Crippen LogP contribution in [0.3, 0.4) is 0 Å². The molecule has 1 aromatic heterocycles. The lowest BCUT2D eigenvalue weighted by Gasteiger charge is -2.28. The van der Waals surface area contributed by atoms with E-state index in [2.05, 4.69) is 10.5 Å². The van der Waals surface area contributed by atoms with Crippen LogP contribution in [0.1, 0.15) is 67.3 Å². The molecule has 0 bridgehead atoms. The summed E-state index contributed by atoms with van der Waals surface area (Å²) in [6.45, 7) is 1.46. The predicted molar refractivity (Wildman–Crippen MR) is 95.0 cm³/mol. The van der Waals surface area contributed by atoms with Gasteiger partial charge in [0.1, 0.15) is 5.75 Å². The molecule has 2 heterocycles. The van der Waals surface area contributed by atoms with E-state index in [1.54, 1.807) is 0 Å². The smallest absolute Gasteiger partial charge is 0.229 e. The molecule has 1 aromatic carbocycles. The van der Waals surface area contributed by atoms with E-state index >= 15 is 0 Å². The molecule has 2 fully saturated rings. The van der Waals surface area contributed by atoms with E-state index in [-0.39, 0.29) is 12.3 Å². The minimum Gasteiger partial charge on any atom is -0.467 e. The van der Waals surface area contributed by atoms with Crippen LogP contribution in [0.25, 0.3) is 0 Å². The minimum absolute atomic E-state index is 0.225. The van der Waals surface area contributed by atoms with Gasteiger partial charge in [-0.05, 0) is 37.8 Å². The quantitative estimate of drug-likeness (QED) is 0.850. The number of halogens is 1. The van der Waals surface area contributed by atoms with Gasteiger partial charge in [-0.25, -0.2) is 0 Å². The zero-order valence-electron chi connectivity index (χ0n) is 14.6. The average molecular weight is 376 g/mol. The molecule has 1 aliphatic heterocycles. The summed E-state index contributed by atoms with van der Waals surface area (Å²) in [4.78, 5) is 4.73. The number of ether oxygens (including phenoxy) is 2. The lowest BCUT2D eigenvalue weighted by Crippen LogP contribution is -2.40. The molecule has 2 aromatic rings. The molecule has 138 valence electrons. The molecule has 0 spiro atoms. The zero-order chi connectivity index (χ0) is 17.6. The van der Waals surface area contributed by atoms with Gasteiger partial charge in [-0.3, -0.25) is 0 Å². The Bertz CT molecular complexity index is 812. The first-order chi connectivity index (χ1) is 12.7. The van der Waals surface area contributed by atoms with Crippen molar-refractivity contribution in [3.8, 4) is 5.75 Å². The SMILES string of the molecule is Clc1cc(CNC2(c3noc(C4CC4)n3)CCCC2)c2c(c1)COCO2. The van der Waals surface area contributed by atoms with Crippen LogP contribution in [-0.2, 0) is 23.4 Å². The van der Waals surface area contributed by atoms with E-state index in [9.17, 15) is 0 Å². The fraction of sp³-hybridized carbons (Fsp3) is 0.579. The second-order valence-electron chi connectivity index (χ2n) is 7.54. The number of fused-ring (bicyclic) bond motifs is 1. The zero-order valence-corrected chi connectivity index (χ0v) is 15.3. The molecule has 1 N–H and O–H groups in total. The van der Waals surface area contributed by atoms with Crippen molar-refractivity contribution in [1.29, 1.82) is 0 Å². The molecule has 0 atom stereocenters. The summed E-state index contributed by atoms with van der Waals surface area (Å²) >= 11 is 6.30. The van der Waals surface area contributed by atoms with Gasteiger partial charge in [0.15, 0.2) is 12.6 Å². The van der Waals surface area contributed by atoms with Gasteiger partial charge in [0.25, 0.3) is 0 Å². The summed E-state index contributed by atoms with van der Waals surface area (Å²) in [6, 6.07) is 3.87. The Hall–Kier alpha value is -1.63. The number of aromatic nitrogens is 2. The topological polar surface area (TPSA) is 69.4 Å². The van der Waals surface area contributed by atoms with E-state index in [0.717, 1.165) is 67.1 Å². The second-order valence-corrected chi connectivity index (χ2v) is 7.97. The summed E-state index contributed by atoms with van der Waals surface area (Å²) in [7, 11) is 0. The number of rotatable bonds is 5. The predicted octanol–water partition coefficient (Wildman–Crippen LogP) is 4.03. The van der Waals surface area contributed by atoms with Crippen molar-refractivity contribution in [2.45, 2.75) is 63.1 Å². The molecule has 6 nitrogen and oxygen atoms in total. The van der Waals surface area contributed by atoms with Crippen molar-refractivity contribution in [2.24, 2.45) is 0 Å². The number of nitrogens with zero attached hydrogens (tertiary/aromatic N) is 2. The number of hydrogen-bond donors (Lipinski definition) is 1. The van der Waals surface area contributed by atoms with Crippen molar-refractivity contribution >= 4 is 11.6 Å². The molecule has 3 aliphatic rings. The van der Waals surface area contributed by atoms with Gasteiger partial charge < -0.3 is 19.3 Å². The summed E-state index contributed by atoms with van der Waals surface area (Å²) in [5.74, 6) is 2.96. The van der Waals surface area contributed by atoms with Crippen molar-refractivity contribution in [3.63, 3.8) is 0 Å². The van der Waals surface area contributed by atoms with Crippen molar-refractivity contribution in [1.82, 2.24) is 15.5 Å². The number of hydrogen-bond acceptors (Lipinski definition) is 6. The van der Waals surface area contributed by atoms with Gasteiger partial charge in [0.05, 0.1) is 12.1 Å². The van der Waals surface area contributed by atoms with E-state index in [1.165, 1.54) is 0 Å². The summed E-state index contributed by atoms with van der Waals surface area (Å²) < 4.78 is 16.6.